The van der Waals surface area contributed by atoms with Gasteiger partial charge in [-0.05, 0) is 96.3 Å². The highest BCUT2D eigenvalue weighted by Crippen LogP contribution is 2.30. The third kappa shape index (κ3) is 47.4. The number of nitrogens with one attached hydrogen (secondary N) is 1. The molecule has 95 heavy (non-hydrogen) atoms. The van der Waals surface area contributed by atoms with Crippen LogP contribution in [0.5, 0.6) is 0 Å². The van der Waals surface area contributed by atoms with Gasteiger partial charge in [0.25, 0.3) is 0 Å². The fraction of sp³-hybridized carbons (Fsp3) is 0.765. The Hall–Kier alpha value is -3.35. The zero-order valence-corrected chi connectivity index (χ0v) is 59.9. The minimum atomic E-state index is -1.80. The van der Waals surface area contributed by atoms with Crippen LogP contribution in [0.25, 0.3) is 0 Å². The second-order valence-corrected chi connectivity index (χ2v) is 26.7. The summed E-state index contributed by atoms with van der Waals surface area (Å²) in [5, 5.41) is 87.6. The van der Waals surface area contributed by atoms with Crippen LogP contribution in [0.1, 0.15) is 303 Å². The van der Waals surface area contributed by atoms with Gasteiger partial charge >= 0.3 is 0 Å². The number of allylic oxidation sites excluding steroid dienone is 17. The Bertz CT molecular complexity index is 2010. The first-order valence-electron chi connectivity index (χ1n) is 38.6. The Balaban J connectivity index is 1.66. The first-order chi connectivity index (χ1) is 46.6. The van der Waals surface area contributed by atoms with E-state index in [1.807, 2.05) is 6.08 Å². The SMILES string of the molecule is CC/C=C\C/C=C\C/C=C\C/C=C\C/C=C\C/C=C\CCCCCCCCCCCCCCCCC(=O)NC(COC1OC(CO)C(OC2OC(CO)C(O)C(O)C2O)C(O)C1O)C(O)/C=C/CC/C=C/CC/C=C/CCCCCCCCCCCCCCCCCCCC. The lowest BCUT2D eigenvalue weighted by Crippen LogP contribution is -2.65. The fourth-order valence-corrected chi connectivity index (χ4v) is 12.1. The van der Waals surface area contributed by atoms with Gasteiger partial charge in [0.1, 0.15) is 48.8 Å². The lowest BCUT2D eigenvalue weighted by atomic mass is 9.97. The zero-order chi connectivity index (χ0) is 68.7. The predicted molar refractivity (Wildman–Crippen MR) is 392 cm³/mol. The number of unbranched alkanes of at least 4 members (excludes halogenated alkanes) is 34. The molecule has 0 radical (unpaired) electrons. The van der Waals surface area contributed by atoms with E-state index >= 15 is 0 Å². The maximum atomic E-state index is 13.4. The second-order valence-electron chi connectivity index (χ2n) is 26.7. The molecule has 0 aromatic carbocycles. The van der Waals surface area contributed by atoms with Crippen molar-refractivity contribution in [2.75, 3.05) is 19.8 Å². The van der Waals surface area contributed by atoms with Gasteiger partial charge in [-0.1, -0.05) is 309 Å². The van der Waals surface area contributed by atoms with Crippen LogP contribution in [0.3, 0.4) is 0 Å². The van der Waals surface area contributed by atoms with Gasteiger partial charge in [-0.15, -0.1) is 0 Å². The van der Waals surface area contributed by atoms with E-state index in [1.165, 1.54) is 186 Å². The van der Waals surface area contributed by atoms with E-state index in [9.17, 15) is 45.6 Å². The summed E-state index contributed by atoms with van der Waals surface area (Å²) in [7, 11) is 0. The van der Waals surface area contributed by atoms with Crippen LogP contribution >= 0.6 is 0 Å². The summed E-state index contributed by atoms with van der Waals surface area (Å²) in [5.74, 6) is -0.255. The van der Waals surface area contributed by atoms with Crippen LogP contribution < -0.4 is 5.32 Å². The summed E-state index contributed by atoms with van der Waals surface area (Å²) in [6.07, 6.45) is 75.9. The van der Waals surface area contributed by atoms with E-state index in [2.05, 4.69) is 116 Å². The molecule has 548 valence electrons. The number of ether oxygens (including phenoxy) is 4. The maximum absolute atomic E-state index is 13.4. The van der Waals surface area contributed by atoms with E-state index < -0.39 is 86.8 Å². The molecule has 14 nitrogen and oxygen atoms in total. The van der Waals surface area contributed by atoms with Crippen LogP contribution in [-0.4, -0.2) is 140 Å². The van der Waals surface area contributed by atoms with E-state index in [0.717, 1.165) is 83.5 Å². The molecule has 0 saturated carbocycles. The minimum Gasteiger partial charge on any atom is -0.394 e. The van der Waals surface area contributed by atoms with Gasteiger partial charge in [0, 0.05) is 6.42 Å². The molecule has 2 aliphatic rings. The Morgan fingerprint density at radius 3 is 1.16 bits per heavy atom. The summed E-state index contributed by atoms with van der Waals surface area (Å²) >= 11 is 0. The number of amides is 1. The van der Waals surface area contributed by atoms with Gasteiger partial charge in [-0.25, -0.2) is 0 Å². The summed E-state index contributed by atoms with van der Waals surface area (Å²) < 4.78 is 22.9. The molecule has 2 aliphatic heterocycles. The summed E-state index contributed by atoms with van der Waals surface area (Å²) in [6, 6.07) is -0.947. The quantitative estimate of drug-likeness (QED) is 0.0204. The standard InChI is InChI=1S/C81H141NO13/c1-3-5-7-9-11-13-15-17-19-21-23-25-27-29-31-33-34-35-36-37-39-41-43-45-47-49-51-53-55-57-59-61-63-65-73(86)82-69(68-92-80-78(91)76(89)79(72(67-84)94-80)95-81-77(90)75(88)74(87)71(66-83)93-81)70(85)64-62-60-58-56-54-52-50-48-46-44-42-40-38-32-30-28-26-24-22-20-18-16-14-12-10-8-6-4-2/h5,7,11,13,17,19,23,25,29,31,34-35,46,48,54,56,62,64,69-72,74-81,83-85,87-91H,3-4,6,8-10,12,14-16,18,20-22,24,26-28,30,32-33,36-45,47,49-53,55,57-61,63,65-68H2,1-2H3,(H,82,86)/b7-5-,13-11-,19-17-,25-23-,31-29-,35-34-,48-46+,56-54+,64-62+. The number of carbonyl (C=O) groups is 1. The molecule has 2 fully saturated rings. The van der Waals surface area contributed by atoms with Gasteiger partial charge in [-0.2, -0.15) is 0 Å². The molecule has 0 aromatic rings. The Morgan fingerprint density at radius 2 is 0.737 bits per heavy atom. The molecule has 12 unspecified atom stereocenters. The van der Waals surface area contributed by atoms with E-state index in [4.69, 9.17) is 18.9 Å². The van der Waals surface area contributed by atoms with Crippen LogP contribution in [0.15, 0.2) is 109 Å². The van der Waals surface area contributed by atoms with Crippen molar-refractivity contribution in [2.45, 2.75) is 376 Å². The van der Waals surface area contributed by atoms with Crippen LogP contribution in [-0.2, 0) is 23.7 Å². The van der Waals surface area contributed by atoms with Gasteiger partial charge in [0.05, 0.1) is 32.0 Å². The molecule has 0 bridgehead atoms. The van der Waals surface area contributed by atoms with Crippen LogP contribution in [0.2, 0.25) is 0 Å². The molecular formula is C81H141NO13. The van der Waals surface area contributed by atoms with Crippen molar-refractivity contribution in [3.63, 3.8) is 0 Å². The van der Waals surface area contributed by atoms with E-state index in [1.54, 1.807) is 6.08 Å². The van der Waals surface area contributed by atoms with Crippen molar-refractivity contribution in [1.29, 1.82) is 0 Å². The van der Waals surface area contributed by atoms with Gasteiger partial charge < -0.3 is 65.1 Å². The van der Waals surface area contributed by atoms with Crippen molar-refractivity contribution in [3.8, 4) is 0 Å². The van der Waals surface area contributed by atoms with Crippen molar-refractivity contribution < 1.29 is 64.6 Å². The van der Waals surface area contributed by atoms with E-state index in [-0.39, 0.29) is 18.9 Å². The van der Waals surface area contributed by atoms with Gasteiger partial charge in [0.2, 0.25) is 5.91 Å². The minimum absolute atomic E-state index is 0.255. The smallest absolute Gasteiger partial charge is 0.220 e. The summed E-state index contributed by atoms with van der Waals surface area (Å²) in [6.45, 7) is 2.69. The number of hydrogen-bond acceptors (Lipinski definition) is 13. The highest BCUT2D eigenvalue weighted by Gasteiger charge is 2.51. The first-order valence-corrected chi connectivity index (χ1v) is 38.6. The van der Waals surface area contributed by atoms with Gasteiger partial charge in [0.15, 0.2) is 12.6 Å². The summed E-state index contributed by atoms with van der Waals surface area (Å²) in [4.78, 5) is 13.4. The summed E-state index contributed by atoms with van der Waals surface area (Å²) in [5.41, 5.74) is 0. The highest BCUT2D eigenvalue weighted by atomic mass is 16.7. The molecule has 0 aliphatic carbocycles. The molecule has 9 N–H and O–H groups in total. The molecule has 2 rings (SSSR count). The largest absolute Gasteiger partial charge is 0.394 e. The maximum Gasteiger partial charge on any atom is 0.220 e. The van der Waals surface area contributed by atoms with Crippen molar-refractivity contribution in [2.24, 2.45) is 0 Å². The average Bonchev–Trinajstić information content (AvgIpc) is 0.801. The van der Waals surface area contributed by atoms with E-state index in [0.29, 0.717) is 12.8 Å². The average molecular weight is 1340 g/mol. The Kier molecular flexibility index (Phi) is 59.2. The van der Waals surface area contributed by atoms with Crippen molar-refractivity contribution in [1.82, 2.24) is 5.32 Å². The topological polar surface area (TPSA) is 228 Å². The van der Waals surface area contributed by atoms with Crippen LogP contribution in [0, 0.1) is 0 Å². The molecule has 2 saturated heterocycles. The highest BCUT2D eigenvalue weighted by molar-refractivity contribution is 5.76. The second kappa shape index (κ2) is 64.1. The third-order valence-corrected chi connectivity index (χ3v) is 18.2. The monoisotopic (exact) mass is 1340 g/mol. The lowest BCUT2D eigenvalue weighted by molar-refractivity contribution is -0.359. The zero-order valence-electron chi connectivity index (χ0n) is 59.9. The van der Waals surface area contributed by atoms with Crippen molar-refractivity contribution >= 4 is 5.91 Å². The molecular weight excluding hydrogens is 1190 g/mol. The molecule has 14 heteroatoms. The van der Waals surface area contributed by atoms with Crippen molar-refractivity contribution in [3.05, 3.63) is 109 Å². The Morgan fingerprint density at radius 1 is 0.389 bits per heavy atom. The number of aliphatic hydroxyl groups is 8. The van der Waals surface area contributed by atoms with Crippen LogP contribution in [0.4, 0.5) is 0 Å². The lowest BCUT2D eigenvalue weighted by Gasteiger charge is -2.46. The molecule has 0 spiro atoms. The third-order valence-electron chi connectivity index (χ3n) is 18.2. The number of carbonyl (C=O) groups excluding carboxylic acids is 1. The number of rotatable bonds is 63. The fourth-order valence-electron chi connectivity index (χ4n) is 12.1. The number of aliphatic hydroxyl groups excluding tert-OH is 8. The molecule has 2 heterocycles. The molecule has 12 atom stereocenters. The molecule has 1 amide bonds. The predicted octanol–water partition coefficient (Wildman–Crippen LogP) is 17.1. The normalized spacial score (nSPS) is 23.0. The number of hydrogen-bond donors (Lipinski definition) is 9. The van der Waals surface area contributed by atoms with Gasteiger partial charge in [-0.3, -0.25) is 4.79 Å². The molecule has 0 aromatic heterocycles. The first kappa shape index (κ1) is 87.7. The Labute approximate surface area is 578 Å².